The van der Waals surface area contributed by atoms with Gasteiger partial charge in [0.1, 0.15) is 0 Å². The molecule has 11 aromatic rings. The van der Waals surface area contributed by atoms with Crippen molar-refractivity contribution < 1.29 is 9.13 Å². The molecule has 0 spiro atoms. The van der Waals surface area contributed by atoms with Gasteiger partial charge in [-0.2, -0.15) is 4.57 Å². The van der Waals surface area contributed by atoms with Crippen LogP contribution in [-0.4, -0.2) is 9.13 Å². The van der Waals surface area contributed by atoms with Gasteiger partial charge < -0.3 is 13.7 Å². The van der Waals surface area contributed by atoms with E-state index < -0.39 is 7.14 Å². The van der Waals surface area contributed by atoms with E-state index >= 15 is 4.57 Å². The van der Waals surface area contributed by atoms with E-state index in [0.29, 0.717) is 0 Å². The number of benzene rings is 8. The number of aromatic nitrogens is 3. The lowest BCUT2D eigenvalue weighted by Gasteiger charge is -2.34. The number of nitrogens with zero attached hydrogens (tertiary/aromatic N) is 3. The number of pyridine rings is 1. The zero-order valence-corrected chi connectivity index (χ0v) is 40.5. The maximum atomic E-state index is 17.5. The summed E-state index contributed by atoms with van der Waals surface area (Å²) in [6.07, 6.45) is 2.84. The normalized spacial score (nSPS) is 16.7. The predicted molar refractivity (Wildman–Crippen MR) is 284 cm³/mol. The molecule has 68 heavy (non-hydrogen) atoms. The van der Waals surface area contributed by atoms with Crippen LogP contribution >= 0.6 is 7.14 Å². The number of rotatable bonds is 5. The summed E-state index contributed by atoms with van der Waals surface area (Å²) in [4.78, 5) is 0. The molecule has 6 heterocycles. The van der Waals surface area contributed by atoms with Crippen LogP contribution in [0.25, 0.3) is 77.1 Å². The van der Waals surface area contributed by atoms with E-state index in [0.717, 1.165) is 51.6 Å². The number of para-hydroxylation sites is 5. The summed E-state index contributed by atoms with van der Waals surface area (Å²) in [6.45, 7) is 14.1. The Balaban J connectivity index is 1.06. The van der Waals surface area contributed by atoms with Crippen LogP contribution in [0.2, 0.25) is 0 Å². The second kappa shape index (κ2) is 13.6. The fraction of sp³-hybridized carbons (Fsp3) is 0.190. The summed E-state index contributed by atoms with van der Waals surface area (Å²) in [5.74, 6) is 0. The number of fused-ring (bicyclic) bond motifs is 15. The third kappa shape index (κ3) is 4.91. The molecule has 0 saturated carbocycles. The minimum absolute atomic E-state index is 0.132. The molecule has 1 atom stereocenters. The zero-order valence-electron chi connectivity index (χ0n) is 39.6. The van der Waals surface area contributed by atoms with Crippen LogP contribution in [0.4, 0.5) is 0 Å². The van der Waals surface area contributed by atoms with E-state index in [2.05, 4.69) is 231 Å². The molecule has 0 bridgehead atoms. The van der Waals surface area contributed by atoms with Crippen molar-refractivity contribution in [3.8, 4) is 22.6 Å². The van der Waals surface area contributed by atoms with Crippen molar-refractivity contribution in [3.05, 3.63) is 204 Å². The lowest BCUT2D eigenvalue weighted by Crippen LogP contribution is -2.60. The highest BCUT2D eigenvalue weighted by Gasteiger charge is 2.46. The van der Waals surface area contributed by atoms with E-state index in [-0.39, 0.29) is 16.4 Å². The van der Waals surface area contributed by atoms with Gasteiger partial charge >= 0.3 is 0 Å². The molecule has 1 unspecified atom stereocenters. The van der Waals surface area contributed by atoms with Crippen LogP contribution in [0.3, 0.4) is 0 Å². The third-order valence-electron chi connectivity index (χ3n) is 17.1. The Kier molecular flexibility index (Phi) is 8.01. The van der Waals surface area contributed by atoms with Gasteiger partial charge in [-0.25, -0.2) is 0 Å². The summed E-state index contributed by atoms with van der Waals surface area (Å²) < 4.78 is 25.1. The van der Waals surface area contributed by atoms with E-state index in [4.69, 9.17) is 0 Å². The molecule has 0 amide bonds. The quantitative estimate of drug-likeness (QED) is 0.125. The first-order chi connectivity index (χ1) is 33.0. The standard InChI is InChI=1S/C63H53N3OP/c1-7-63(8-2)38-40-35-41(28-31-44(40)55-33-27-39-17-9-12-24-53(39)66(55)63)68(67,42-30-34-54-48(36-42)47-19-16-23-52-60(47)64(54)56-25-13-10-20-49(56)61(52,3)4)43-29-32-45-46-18-15-22-51-59(46)65(58(45)37-43)57-26-14-11-21-50(57)62(51,5)6/h9-37H,7-8,38H2,1-6H3/q+1. The molecule has 330 valence electrons. The van der Waals surface area contributed by atoms with Crippen molar-refractivity contribution in [2.75, 3.05) is 0 Å². The van der Waals surface area contributed by atoms with Crippen molar-refractivity contribution in [2.45, 2.75) is 77.2 Å². The van der Waals surface area contributed by atoms with Crippen LogP contribution < -0.4 is 20.5 Å². The predicted octanol–water partition coefficient (Wildman–Crippen LogP) is 14.0. The molecule has 0 N–H and O–H groups in total. The maximum absolute atomic E-state index is 17.5. The van der Waals surface area contributed by atoms with Crippen molar-refractivity contribution in [2.24, 2.45) is 0 Å². The fourth-order valence-electron chi connectivity index (χ4n) is 13.5. The summed E-state index contributed by atoms with van der Waals surface area (Å²) in [7, 11) is -3.59. The molecule has 8 aromatic carbocycles. The van der Waals surface area contributed by atoms with Crippen molar-refractivity contribution in [3.63, 3.8) is 0 Å². The van der Waals surface area contributed by atoms with Crippen LogP contribution in [-0.2, 0) is 27.4 Å². The van der Waals surface area contributed by atoms with Crippen LogP contribution in [0.15, 0.2) is 176 Å². The fourth-order valence-corrected chi connectivity index (χ4v) is 16.2. The average molecular weight is 899 g/mol. The Bertz CT molecular complexity index is 4080. The van der Waals surface area contributed by atoms with Gasteiger partial charge in [0, 0.05) is 90.6 Å². The minimum Gasteiger partial charge on any atom is -0.309 e. The zero-order chi connectivity index (χ0) is 46.1. The molecule has 3 aliphatic heterocycles. The third-order valence-corrected chi connectivity index (χ3v) is 20.1. The molecular weight excluding hydrogens is 846 g/mol. The van der Waals surface area contributed by atoms with Crippen molar-refractivity contribution >= 4 is 77.6 Å². The Morgan fingerprint density at radius 2 is 1.06 bits per heavy atom. The van der Waals surface area contributed by atoms with Gasteiger partial charge in [0.25, 0.3) is 0 Å². The smallest absolute Gasteiger partial charge is 0.213 e. The van der Waals surface area contributed by atoms with Gasteiger partial charge in [-0.1, -0.05) is 139 Å². The molecule has 0 fully saturated rings. The molecule has 0 saturated heterocycles. The molecule has 3 aliphatic rings. The average Bonchev–Trinajstić information content (AvgIpc) is 3.89. The summed E-state index contributed by atoms with van der Waals surface area (Å²) in [5, 5.41) is 8.56. The topological polar surface area (TPSA) is 30.8 Å². The Labute approximate surface area is 397 Å². The molecular formula is C63H53N3OP+. The summed E-state index contributed by atoms with van der Waals surface area (Å²) >= 11 is 0. The molecule has 0 aliphatic carbocycles. The Morgan fingerprint density at radius 3 is 1.75 bits per heavy atom. The van der Waals surface area contributed by atoms with Gasteiger partial charge in [0.2, 0.25) is 11.2 Å². The molecule has 4 nitrogen and oxygen atoms in total. The second-order valence-electron chi connectivity index (χ2n) is 20.9. The SMILES string of the molecule is CCC1(CC)Cc2cc(P(=O)(c3ccc4c(c3)c3cccc5c3n4-c3ccccc3C5(C)C)c3ccc4c5cccc6c5n(c4c3)-c3ccccc3C6(C)C)ccc2-c2ccc3ccccc3[n+]21. The molecule has 14 rings (SSSR count). The van der Waals surface area contributed by atoms with E-state index in [9.17, 15) is 0 Å². The molecule has 5 heteroatoms. The summed E-state index contributed by atoms with van der Waals surface area (Å²) in [6, 6.07) is 64.9. The summed E-state index contributed by atoms with van der Waals surface area (Å²) in [5.41, 5.74) is 16.8. The highest BCUT2D eigenvalue weighted by molar-refractivity contribution is 7.85. The van der Waals surface area contributed by atoms with Gasteiger partial charge in [-0.3, -0.25) is 0 Å². The molecule has 0 radical (unpaired) electrons. The van der Waals surface area contributed by atoms with Gasteiger partial charge in [0.05, 0.1) is 33.4 Å². The van der Waals surface area contributed by atoms with E-state index in [1.54, 1.807) is 0 Å². The van der Waals surface area contributed by atoms with Gasteiger partial charge in [-0.15, -0.1) is 0 Å². The van der Waals surface area contributed by atoms with E-state index in [1.165, 1.54) is 88.5 Å². The van der Waals surface area contributed by atoms with Crippen LogP contribution in [0, 0.1) is 0 Å². The maximum Gasteiger partial charge on any atom is 0.213 e. The van der Waals surface area contributed by atoms with Gasteiger partial charge in [-0.05, 0) is 94.5 Å². The first-order valence-corrected chi connectivity index (χ1v) is 26.2. The first-order valence-electron chi connectivity index (χ1n) is 24.5. The largest absolute Gasteiger partial charge is 0.309 e. The van der Waals surface area contributed by atoms with Crippen LogP contribution in [0.5, 0.6) is 0 Å². The number of hydrogen-bond acceptors (Lipinski definition) is 1. The van der Waals surface area contributed by atoms with Crippen LogP contribution in [0.1, 0.15) is 82.2 Å². The van der Waals surface area contributed by atoms with Gasteiger partial charge in [0.15, 0.2) is 12.7 Å². The van der Waals surface area contributed by atoms with E-state index in [1.807, 2.05) is 0 Å². The lowest BCUT2D eigenvalue weighted by atomic mass is 9.75. The number of hydrogen-bond donors (Lipinski definition) is 0. The highest BCUT2D eigenvalue weighted by Crippen LogP contribution is 2.52. The minimum atomic E-state index is -3.59. The first kappa shape index (κ1) is 40.1. The second-order valence-corrected chi connectivity index (χ2v) is 23.7. The lowest BCUT2D eigenvalue weighted by molar-refractivity contribution is -0.735. The van der Waals surface area contributed by atoms with Crippen molar-refractivity contribution in [1.82, 2.24) is 9.13 Å². The Morgan fingerprint density at radius 1 is 0.500 bits per heavy atom. The highest BCUT2D eigenvalue weighted by atomic mass is 31.2. The Hall–Kier alpha value is -7.00. The molecule has 3 aromatic heterocycles. The monoisotopic (exact) mass is 898 g/mol. The van der Waals surface area contributed by atoms with Crippen molar-refractivity contribution in [1.29, 1.82) is 0 Å².